The highest BCUT2D eigenvalue weighted by Crippen LogP contribution is 2.44. The summed E-state index contributed by atoms with van der Waals surface area (Å²) in [5, 5.41) is 3.26. The Morgan fingerprint density at radius 3 is 0.735 bits per heavy atom. The van der Waals surface area contributed by atoms with E-state index in [0.29, 0.717) is 316 Å². The molecule has 0 spiro atoms. The van der Waals surface area contributed by atoms with Gasteiger partial charge in [-0.05, 0) is 22.3 Å². The maximum absolute atomic E-state index is 12.3. The minimum Gasteiger partial charge on any atom is -0.449 e. The molecule has 0 aromatic heterocycles. The summed E-state index contributed by atoms with van der Waals surface area (Å²) in [6.45, 7) is 21.8. The average molecular weight is 1470 g/mol. The third-order valence-corrected chi connectivity index (χ3v) is 14.1. The van der Waals surface area contributed by atoms with E-state index in [1.54, 1.807) is 0 Å². The van der Waals surface area contributed by atoms with Crippen molar-refractivity contribution >= 4 is 23.9 Å². The molecule has 0 saturated carbocycles. The number of hydroxylamine groups is 2. The van der Waals surface area contributed by atoms with Gasteiger partial charge < -0.3 is 129 Å². The second-order valence-electron chi connectivity index (χ2n) is 21.7. The fourth-order valence-corrected chi connectivity index (χ4v) is 9.00. The van der Waals surface area contributed by atoms with Crippen molar-refractivity contribution < 1.29 is 142 Å². The van der Waals surface area contributed by atoms with Crippen LogP contribution in [0.25, 0.3) is 11.1 Å². The van der Waals surface area contributed by atoms with Gasteiger partial charge in [-0.15, -0.1) is 5.06 Å². The molecule has 1 aliphatic carbocycles. The number of alkyl carbamates (subject to hydrolysis) is 1. The molecule has 4 rings (SSSR count). The van der Waals surface area contributed by atoms with E-state index >= 15 is 0 Å². The molecular weight excluding hydrogens is 1350 g/mol. The molecule has 1 saturated heterocycles. The molecule has 32 heteroatoms. The maximum Gasteiger partial charge on any atom is 0.407 e. The van der Waals surface area contributed by atoms with Gasteiger partial charge in [0.1, 0.15) is 6.61 Å². The summed E-state index contributed by atoms with van der Waals surface area (Å²) in [5.74, 6) is -1.72. The monoisotopic (exact) mass is 1460 g/mol. The van der Waals surface area contributed by atoms with Crippen LogP contribution in [0.1, 0.15) is 36.3 Å². The molecule has 2 aliphatic rings. The first-order chi connectivity index (χ1) is 50.5. The van der Waals surface area contributed by atoms with Crippen LogP contribution in [0.3, 0.4) is 0 Å². The summed E-state index contributed by atoms with van der Waals surface area (Å²) < 4.78 is 138. The molecular formula is C70H116N2O30. The van der Waals surface area contributed by atoms with E-state index < -0.39 is 23.9 Å². The molecule has 1 N–H and O–H groups in total. The average Bonchev–Trinajstić information content (AvgIpc) is 1.62. The van der Waals surface area contributed by atoms with Crippen LogP contribution in [0.4, 0.5) is 4.79 Å². The Hall–Kier alpha value is -4.64. The maximum atomic E-state index is 12.3. The third-order valence-electron chi connectivity index (χ3n) is 14.1. The number of nitrogens with zero attached hydrogens (tertiary/aromatic N) is 1. The first kappa shape index (κ1) is 89.8. The highest BCUT2D eigenvalue weighted by Gasteiger charge is 2.33. The molecule has 0 bridgehead atoms. The van der Waals surface area contributed by atoms with Crippen LogP contribution in [-0.2, 0) is 138 Å². The van der Waals surface area contributed by atoms with Crippen LogP contribution in [0, 0.1) is 0 Å². The lowest BCUT2D eigenvalue weighted by Crippen LogP contribution is -2.32. The summed E-state index contributed by atoms with van der Waals surface area (Å²) in [4.78, 5) is 51.7. The number of imide groups is 1. The van der Waals surface area contributed by atoms with Gasteiger partial charge in [-0.3, -0.25) is 9.59 Å². The molecule has 0 radical (unpaired) electrons. The third kappa shape index (κ3) is 50.7. The second-order valence-corrected chi connectivity index (χ2v) is 21.7. The Bertz CT molecular complexity index is 2220. The van der Waals surface area contributed by atoms with Crippen LogP contribution in [-0.4, -0.2) is 359 Å². The van der Waals surface area contributed by atoms with E-state index in [0.717, 1.165) is 0 Å². The summed E-state index contributed by atoms with van der Waals surface area (Å²) in [6.07, 6.45) is -0.444. The van der Waals surface area contributed by atoms with Gasteiger partial charge >= 0.3 is 12.1 Å². The van der Waals surface area contributed by atoms with Crippen molar-refractivity contribution in [3.05, 3.63) is 59.7 Å². The molecule has 2 aromatic rings. The quantitative estimate of drug-likeness (QED) is 0.0735. The Balaban J connectivity index is 0.689. The fourth-order valence-electron chi connectivity index (χ4n) is 9.00. The minimum absolute atomic E-state index is 0.0243. The van der Waals surface area contributed by atoms with Gasteiger partial charge in [0.15, 0.2) is 0 Å². The van der Waals surface area contributed by atoms with Crippen molar-refractivity contribution in [2.45, 2.75) is 25.2 Å². The first-order valence-corrected chi connectivity index (χ1v) is 35.6. The number of carbonyl (C=O) groups is 4. The highest BCUT2D eigenvalue weighted by atomic mass is 16.7. The van der Waals surface area contributed by atoms with Gasteiger partial charge in [-0.25, -0.2) is 9.59 Å². The number of nitrogens with one attached hydrogen (secondary N) is 1. The number of fused-ring (bicyclic) bond motifs is 3. The lowest BCUT2D eigenvalue weighted by molar-refractivity contribution is -0.198. The van der Waals surface area contributed by atoms with Gasteiger partial charge in [0.2, 0.25) is 0 Å². The molecule has 102 heavy (non-hydrogen) atoms. The van der Waals surface area contributed by atoms with Gasteiger partial charge in [-0.1, -0.05) is 48.5 Å². The van der Waals surface area contributed by atoms with E-state index in [2.05, 4.69) is 29.6 Å². The normalized spacial score (nSPS) is 12.9. The smallest absolute Gasteiger partial charge is 0.407 e. The minimum atomic E-state index is -0.706. The predicted octanol–water partition coefficient (Wildman–Crippen LogP) is 2.92. The number of ether oxygens (including phenoxy) is 25. The van der Waals surface area contributed by atoms with Crippen LogP contribution >= 0.6 is 0 Å². The van der Waals surface area contributed by atoms with E-state index in [1.807, 2.05) is 24.3 Å². The topological polar surface area (TPSA) is 324 Å². The van der Waals surface area contributed by atoms with E-state index in [4.69, 9.17) is 123 Å². The van der Waals surface area contributed by atoms with Gasteiger partial charge in [0.25, 0.3) is 11.8 Å². The molecule has 586 valence electrons. The van der Waals surface area contributed by atoms with Crippen LogP contribution in [0.5, 0.6) is 0 Å². The molecule has 1 heterocycles. The van der Waals surface area contributed by atoms with Gasteiger partial charge in [0.05, 0.1) is 324 Å². The van der Waals surface area contributed by atoms with E-state index in [9.17, 15) is 19.2 Å². The standard InChI is InChI=1S/C70H116N2O30/c73-67-9-10-68(74)72(67)102-69(75)11-13-77-15-17-79-19-21-81-23-25-83-27-29-85-31-33-87-35-37-89-39-41-91-43-45-93-47-49-95-51-53-97-55-57-99-59-60-100-58-56-98-54-52-96-50-48-94-46-44-92-42-40-90-38-36-88-34-32-86-30-28-84-26-24-82-22-20-80-18-16-78-14-12-71-70(76)101-61-66-64-7-3-1-5-62(64)63-6-2-4-8-65(63)66/h1-8,66H,9-61H2,(H,71,76). The Morgan fingerprint density at radius 1 is 0.294 bits per heavy atom. The van der Waals surface area contributed by atoms with Crippen molar-refractivity contribution in [1.82, 2.24) is 10.4 Å². The number of benzene rings is 2. The fraction of sp³-hybridized carbons (Fsp3) is 0.771. The first-order valence-electron chi connectivity index (χ1n) is 35.6. The molecule has 0 unspecified atom stereocenters. The number of amides is 3. The molecule has 1 fully saturated rings. The molecule has 1 aliphatic heterocycles. The summed E-state index contributed by atoms with van der Waals surface area (Å²) in [5.41, 5.74) is 4.74. The predicted molar refractivity (Wildman–Crippen MR) is 365 cm³/mol. The molecule has 32 nitrogen and oxygen atoms in total. The zero-order chi connectivity index (χ0) is 72.0. The van der Waals surface area contributed by atoms with Crippen molar-refractivity contribution in [2.24, 2.45) is 0 Å². The van der Waals surface area contributed by atoms with Gasteiger partial charge in [0, 0.05) is 25.3 Å². The Kier molecular flexibility index (Phi) is 60.0. The molecule has 3 amide bonds. The SMILES string of the molecule is O=C(CCOCCOCCOCCOCCOCCOCCOCCOCCOCCOCCOCCOCCOCCOCCOCCOCCOCCOCCOCCOCCOCCOCCOCCOCCNC(=O)OCC1c2ccccc2-c2ccccc21)ON1C(=O)CCC1=O. The molecule has 0 atom stereocenters. The molecule has 2 aromatic carbocycles. The van der Waals surface area contributed by atoms with E-state index in [-0.39, 0.29) is 45.0 Å². The Labute approximate surface area is 601 Å². The van der Waals surface area contributed by atoms with Crippen LogP contribution in [0.2, 0.25) is 0 Å². The number of hydrogen-bond donors (Lipinski definition) is 1. The number of rotatable bonds is 78. The Morgan fingerprint density at radius 2 is 0.500 bits per heavy atom. The summed E-state index contributed by atoms with van der Waals surface area (Å²) in [6, 6.07) is 16.5. The van der Waals surface area contributed by atoms with Crippen molar-refractivity contribution in [3.63, 3.8) is 0 Å². The van der Waals surface area contributed by atoms with Crippen molar-refractivity contribution in [3.8, 4) is 11.1 Å². The lowest BCUT2D eigenvalue weighted by Gasteiger charge is -2.14. The summed E-state index contributed by atoms with van der Waals surface area (Å²) in [7, 11) is 0. The summed E-state index contributed by atoms with van der Waals surface area (Å²) >= 11 is 0. The largest absolute Gasteiger partial charge is 0.449 e. The number of hydrogen-bond acceptors (Lipinski definition) is 30. The zero-order valence-electron chi connectivity index (χ0n) is 59.9. The lowest BCUT2D eigenvalue weighted by atomic mass is 9.98. The van der Waals surface area contributed by atoms with Gasteiger partial charge in [-0.2, -0.15) is 0 Å². The second kappa shape index (κ2) is 68.2. The van der Waals surface area contributed by atoms with E-state index in [1.165, 1.54) is 22.3 Å². The van der Waals surface area contributed by atoms with Crippen molar-refractivity contribution in [2.75, 3.05) is 330 Å². The van der Waals surface area contributed by atoms with Crippen molar-refractivity contribution in [1.29, 1.82) is 0 Å². The number of carbonyl (C=O) groups excluding carboxylic acids is 4. The van der Waals surface area contributed by atoms with Crippen LogP contribution < -0.4 is 5.32 Å². The highest BCUT2D eigenvalue weighted by molar-refractivity contribution is 6.01. The van der Waals surface area contributed by atoms with Crippen LogP contribution in [0.15, 0.2) is 48.5 Å². The zero-order valence-corrected chi connectivity index (χ0v) is 59.9.